The van der Waals surface area contributed by atoms with Crippen LogP contribution in [0, 0.1) is 23.7 Å². The van der Waals surface area contributed by atoms with E-state index in [1.54, 1.807) is 7.11 Å². The molecule has 0 aromatic carbocycles. The minimum Gasteiger partial charge on any atom is -0.359 e. The molecule has 3 unspecified atom stereocenters. The number of alkyl halides is 7. The zero-order valence-electron chi connectivity index (χ0n) is 18.4. The molecule has 3 aliphatic carbocycles. The van der Waals surface area contributed by atoms with E-state index in [0.717, 1.165) is 25.7 Å². The quantitative estimate of drug-likeness (QED) is 0.213. The van der Waals surface area contributed by atoms with Crippen molar-refractivity contribution in [1.82, 2.24) is 0 Å². The molecule has 33 heavy (non-hydrogen) atoms. The molecule has 2 nitrogen and oxygen atoms in total. The molecule has 3 atom stereocenters. The fourth-order valence-electron chi connectivity index (χ4n) is 5.55. The van der Waals surface area contributed by atoms with Crippen molar-refractivity contribution in [3.05, 3.63) is 24.1 Å². The minimum atomic E-state index is -5.85. The third kappa shape index (κ3) is 5.92. The van der Waals surface area contributed by atoms with Crippen LogP contribution >= 0.6 is 0 Å². The summed E-state index contributed by atoms with van der Waals surface area (Å²) in [6.07, 6.45) is -2.86. The van der Waals surface area contributed by atoms with Crippen LogP contribution in [0.2, 0.25) is 0 Å². The maximum absolute atomic E-state index is 15.5. The highest BCUT2D eigenvalue weighted by Gasteiger charge is 2.61. The molecular weight excluding hydrogens is 460 g/mol. The molecule has 0 aromatic rings. The summed E-state index contributed by atoms with van der Waals surface area (Å²) in [4.78, 5) is 0. The second-order valence-electron chi connectivity index (χ2n) is 9.49. The fraction of sp³-hybridized carbons (Fsp3) is 0.826. The summed E-state index contributed by atoms with van der Waals surface area (Å²) in [6.45, 7) is 0.256. The third-order valence-corrected chi connectivity index (χ3v) is 7.44. The maximum Gasteiger partial charge on any atom is 0.425 e. The Morgan fingerprint density at radius 3 is 2.00 bits per heavy atom. The van der Waals surface area contributed by atoms with E-state index in [9.17, 15) is 30.7 Å². The summed E-state index contributed by atoms with van der Waals surface area (Å²) in [5, 5.41) is 0. The second-order valence-corrected chi connectivity index (χ2v) is 9.49. The molecule has 2 fully saturated rings. The molecule has 0 bridgehead atoms. The van der Waals surface area contributed by atoms with Gasteiger partial charge in [-0.1, -0.05) is 6.08 Å². The Labute approximate surface area is 188 Å². The molecule has 0 spiro atoms. The van der Waals surface area contributed by atoms with Gasteiger partial charge < -0.3 is 9.47 Å². The van der Waals surface area contributed by atoms with Crippen molar-refractivity contribution in [3.8, 4) is 0 Å². The summed E-state index contributed by atoms with van der Waals surface area (Å²) in [7, 11) is 1.57. The first-order valence-corrected chi connectivity index (χ1v) is 11.3. The monoisotopic (exact) mass is 490 g/mol. The van der Waals surface area contributed by atoms with Gasteiger partial charge in [-0.3, -0.25) is 0 Å². The number of allylic oxidation sites excluding steroid dienone is 4. The van der Waals surface area contributed by atoms with Gasteiger partial charge in [0.2, 0.25) is 0 Å². The van der Waals surface area contributed by atoms with E-state index in [0.29, 0.717) is 55.7 Å². The highest BCUT2D eigenvalue weighted by atomic mass is 19.4. The summed E-state index contributed by atoms with van der Waals surface area (Å²) in [5.41, 5.74) is -2.38. The molecule has 0 heterocycles. The van der Waals surface area contributed by atoms with Gasteiger partial charge in [-0.05, 0) is 75.4 Å². The summed E-state index contributed by atoms with van der Waals surface area (Å²) >= 11 is 0. The largest absolute Gasteiger partial charge is 0.425 e. The van der Waals surface area contributed by atoms with Crippen LogP contribution in [0.25, 0.3) is 0 Å². The first kappa shape index (κ1) is 26.4. The van der Waals surface area contributed by atoms with Crippen molar-refractivity contribution < 1.29 is 44.6 Å². The molecule has 2 saturated carbocycles. The predicted molar refractivity (Wildman–Crippen MR) is 106 cm³/mol. The van der Waals surface area contributed by atoms with Gasteiger partial charge in [-0.15, -0.1) is 0 Å². The van der Waals surface area contributed by atoms with Crippen molar-refractivity contribution in [1.29, 1.82) is 0 Å². The molecule has 0 amide bonds. The van der Waals surface area contributed by atoms with Crippen LogP contribution in [0.3, 0.4) is 0 Å². The van der Waals surface area contributed by atoms with Crippen LogP contribution in [0.4, 0.5) is 35.1 Å². The van der Waals surface area contributed by atoms with Crippen molar-refractivity contribution in [2.45, 2.75) is 81.4 Å². The number of hydrogen-bond donors (Lipinski definition) is 0. The molecule has 0 aliphatic heterocycles. The Kier molecular flexibility index (Phi) is 8.19. The number of halogens is 8. The van der Waals surface area contributed by atoms with E-state index in [2.05, 4.69) is 0 Å². The normalized spacial score (nSPS) is 37.0. The molecule has 10 heteroatoms. The molecular formula is C23H30F8O2. The van der Waals surface area contributed by atoms with Crippen LogP contribution in [-0.2, 0) is 9.47 Å². The Balaban J connectivity index is 1.56. The van der Waals surface area contributed by atoms with Gasteiger partial charge in [0.1, 0.15) is 12.6 Å². The lowest BCUT2D eigenvalue weighted by Gasteiger charge is -2.41. The third-order valence-electron chi connectivity index (χ3n) is 7.44. The van der Waals surface area contributed by atoms with Gasteiger partial charge >= 0.3 is 6.18 Å². The predicted octanol–water partition coefficient (Wildman–Crippen LogP) is 7.26. The summed E-state index contributed by atoms with van der Waals surface area (Å²) in [6, 6.07) is 0. The SMILES string of the molecule is COCOC1CCC(C2CCC(C3(F)C=CC(C(F)(F)C(F)C(F)(F)F)C(F)=C3)CC2)CC1. The standard InChI is InChI=1S/C23H30F8O2/c1-32-13-33-17-8-4-15(5-9-17)14-2-6-16(7-3-14)21(26)11-10-18(19(24)12-21)22(27,28)20(25)23(29,30)31/h10-12,14-18,20H,2-9,13H2,1H3. The van der Waals surface area contributed by atoms with Gasteiger partial charge in [-0.2, -0.15) is 13.2 Å². The van der Waals surface area contributed by atoms with Crippen LogP contribution < -0.4 is 0 Å². The first-order chi connectivity index (χ1) is 15.4. The van der Waals surface area contributed by atoms with Gasteiger partial charge in [0.25, 0.3) is 12.1 Å². The zero-order chi connectivity index (χ0) is 24.4. The van der Waals surface area contributed by atoms with Gasteiger partial charge in [0.15, 0.2) is 5.67 Å². The lowest BCUT2D eigenvalue weighted by Crippen LogP contribution is -2.48. The van der Waals surface area contributed by atoms with Crippen molar-refractivity contribution in [2.24, 2.45) is 23.7 Å². The average molecular weight is 490 g/mol. The Morgan fingerprint density at radius 1 is 0.970 bits per heavy atom. The van der Waals surface area contributed by atoms with Gasteiger partial charge in [-0.25, -0.2) is 22.0 Å². The molecule has 0 aromatic heterocycles. The Hall–Kier alpha value is -1.16. The molecule has 3 rings (SSSR count). The Bertz CT molecular complexity index is 706. The highest BCUT2D eigenvalue weighted by Crippen LogP contribution is 2.50. The lowest BCUT2D eigenvalue weighted by molar-refractivity contribution is -0.252. The van der Waals surface area contributed by atoms with Gasteiger partial charge in [0, 0.05) is 13.0 Å². The van der Waals surface area contributed by atoms with Crippen molar-refractivity contribution in [3.63, 3.8) is 0 Å². The molecule has 0 radical (unpaired) electrons. The van der Waals surface area contributed by atoms with E-state index >= 15 is 4.39 Å². The van der Waals surface area contributed by atoms with Gasteiger partial charge in [0.05, 0.1) is 12.0 Å². The van der Waals surface area contributed by atoms with Crippen LogP contribution in [0.1, 0.15) is 51.4 Å². The highest BCUT2D eigenvalue weighted by molar-refractivity contribution is 5.30. The van der Waals surface area contributed by atoms with Crippen LogP contribution in [0.5, 0.6) is 0 Å². The number of rotatable bonds is 7. The summed E-state index contributed by atoms with van der Waals surface area (Å²) in [5.74, 6) is -9.44. The Morgan fingerprint density at radius 2 is 1.52 bits per heavy atom. The molecule has 3 aliphatic rings. The maximum atomic E-state index is 15.5. The zero-order valence-corrected chi connectivity index (χ0v) is 18.4. The van der Waals surface area contributed by atoms with E-state index in [1.807, 2.05) is 0 Å². The lowest BCUT2D eigenvalue weighted by atomic mass is 9.67. The van der Waals surface area contributed by atoms with E-state index in [-0.39, 0.29) is 12.9 Å². The first-order valence-electron chi connectivity index (χ1n) is 11.3. The molecule has 190 valence electrons. The van der Waals surface area contributed by atoms with Crippen LogP contribution in [-0.4, -0.2) is 43.9 Å². The van der Waals surface area contributed by atoms with Crippen LogP contribution in [0.15, 0.2) is 24.1 Å². The average Bonchev–Trinajstić information content (AvgIpc) is 2.77. The van der Waals surface area contributed by atoms with E-state index in [1.165, 1.54) is 0 Å². The van der Waals surface area contributed by atoms with E-state index in [4.69, 9.17) is 9.47 Å². The number of methoxy groups -OCH3 is 1. The minimum absolute atomic E-state index is 0.166. The molecule has 0 saturated heterocycles. The fourth-order valence-corrected chi connectivity index (χ4v) is 5.55. The van der Waals surface area contributed by atoms with E-state index < -0.39 is 41.6 Å². The summed E-state index contributed by atoms with van der Waals surface area (Å²) < 4.78 is 119. The topological polar surface area (TPSA) is 18.5 Å². The van der Waals surface area contributed by atoms with Crippen molar-refractivity contribution in [2.75, 3.05) is 13.9 Å². The second kappa shape index (κ2) is 10.2. The van der Waals surface area contributed by atoms with Crippen molar-refractivity contribution >= 4 is 0 Å². The number of ether oxygens (including phenoxy) is 2. The molecule has 0 N–H and O–H groups in total. The number of hydrogen-bond acceptors (Lipinski definition) is 2. The smallest absolute Gasteiger partial charge is 0.359 e.